The van der Waals surface area contributed by atoms with Crippen LogP contribution < -0.4 is 15.5 Å². The van der Waals surface area contributed by atoms with Crippen LogP contribution in [0.15, 0.2) is 65.8 Å². The molecule has 0 aliphatic heterocycles. The summed E-state index contributed by atoms with van der Waals surface area (Å²) in [5.41, 5.74) is 3.49. The summed E-state index contributed by atoms with van der Waals surface area (Å²) in [5.74, 6) is -0.210. The number of nitrogens with one attached hydrogen (secondary N) is 2. The van der Waals surface area contributed by atoms with Gasteiger partial charge in [-0.3, -0.25) is 9.59 Å². The average molecular weight is 410 g/mol. The number of hydrazone groups is 1. The highest BCUT2D eigenvalue weighted by Crippen LogP contribution is 2.26. The number of hydrogen-bond donors (Lipinski definition) is 2. The van der Waals surface area contributed by atoms with Gasteiger partial charge >= 0.3 is 0 Å². The second-order valence-corrected chi connectivity index (χ2v) is 6.49. The van der Waals surface area contributed by atoms with Crippen molar-refractivity contribution in [3.63, 3.8) is 0 Å². The zero-order chi connectivity index (χ0) is 20.6. The maximum atomic E-state index is 12.1. The minimum Gasteiger partial charge on any atom is -0.493 e. The van der Waals surface area contributed by atoms with Crippen molar-refractivity contribution in [2.24, 2.45) is 5.10 Å². The van der Waals surface area contributed by atoms with E-state index in [1.807, 2.05) is 43.3 Å². The number of nitrogens with zero attached hydrogens (tertiary/aromatic N) is 1. The number of carbonyl (C=O) groups is 2. The van der Waals surface area contributed by atoms with Gasteiger partial charge < -0.3 is 10.1 Å². The summed E-state index contributed by atoms with van der Waals surface area (Å²) in [7, 11) is 0. The SMILES string of the molecule is CCOc1ccc2ccccc2c1/C=N\NC(=O)CNC(=O)c1ccccc1Cl. The third-order valence-electron chi connectivity index (χ3n) is 4.14. The Morgan fingerprint density at radius 2 is 1.83 bits per heavy atom. The maximum Gasteiger partial charge on any atom is 0.259 e. The van der Waals surface area contributed by atoms with E-state index in [9.17, 15) is 9.59 Å². The van der Waals surface area contributed by atoms with Crippen LogP contribution in [0.3, 0.4) is 0 Å². The van der Waals surface area contributed by atoms with E-state index in [2.05, 4.69) is 15.8 Å². The highest BCUT2D eigenvalue weighted by atomic mass is 35.5. The molecule has 0 aliphatic rings. The van der Waals surface area contributed by atoms with Gasteiger partial charge in [-0.15, -0.1) is 0 Å². The summed E-state index contributed by atoms with van der Waals surface area (Å²) in [5, 5.41) is 8.86. The maximum absolute atomic E-state index is 12.1. The van der Waals surface area contributed by atoms with Crippen molar-refractivity contribution in [3.8, 4) is 5.75 Å². The molecule has 7 heteroatoms. The van der Waals surface area contributed by atoms with Crippen LogP contribution in [0.2, 0.25) is 5.02 Å². The van der Waals surface area contributed by atoms with Gasteiger partial charge in [0.1, 0.15) is 5.75 Å². The van der Waals surface area contributed by atoms with Gasteiger partial charge in [0.15, 0.2) is 0 Å². The van der Waals surface area contributed by atoms with E-state index in [-0.39, 0.29) is 6.54 Å². The Labute approximate surface area is 173 Å². The van der Waals surface area contributed by atoms with Crippen molar-refractivity contribution >= 4 is 40.4 Å². The molecule has 0 aliphatic carbocycles. The molecule has 3 rings (SSSR count). The van der Waals surface area contributed by atoms with E-state index < -0.39 is 11.8 Å². The first-order valence-corrected chi connectivity index (χ1v) is 9.47. The predicted octanol–water partition coefficient (Wildman–Crippen LogP) is 3.77. The molecule has 0 radical (unpaired) electrons. The minimum atomic E-state index is -0.458. The molecule has 0 saturated heterocycles. The second kappa shape index (κ2) is 9.71. The molecule has 29 heavy (non-hydrogen) atoms. The highest BCUT2D eigenvalue weighted by molar-refractivity contribution is 6.33. The first kappa shape index (κ1) is 20.4. The van der Waals surface area contributed by atoms with Crippen molar-refractivity contribution in [1.82, 2.24) is 10.7 Å². The normalized spacial score (nSPS) is 10.8. The summed E-state index contributed by atoms with van der Waals surface area (Å²) in [6, 6.07) is 18.3. The van der Waals surface area contributed by atoms with E-state index in [4.69, 9.17) is 16.3 Å². The van der Waals surface area contributed by atoms with Crippen LogP contribution in [-0.2, 0) is 4.79 Å². The van der Waals surface area contributed by atoms with Gasteiger partial charge in [-0.1, -0.05) is 54.1 Å². The molecule has 0 atom stereocenters. The molecule has 0 bridgehead atoms. The molecule has 148 valence electrons. The van der Waals surface area contributed by atoms with Crippen LogP contribution in [0.1, 0.15) is 22.8 Å². The van der Waals surface area contributed by atoms with E-state index in [0.29, 0.717) is 22.9 Å². The van der Waals surface area contributed by atoms with Crippen LogP contribution in [0.4, 0.5) is 0 Å². The molecule has 2 N–H and O–H groups in total. The quantitative estimate of drug-likeness (QED) is 0.460. The van der Waals surface area contributed by atoms with E-state index >= 15 is 0 Å². The fourth-order valence-corrected chi connectivity index (χ4v) is 3.02. The van der Waals surface area contributed by atoms with Gasteiger partial charge in [-0.2, -0.15) is 5.10 Å². The molecule has 0 aromatic heterocycles. The van der Waals surface area contributed by atoms with Gasteiger partial charge in [-0.05, 0) is 35.9 Å². The second-order valence-electron chi connectivity index (χ2n) is 6.09. The van der Waals surface area contributed by atoms with Gasteiger partial charge in [0, 0.05) is 5.56 Å². The lowest BCUT2D eigenvalue weighted by Gasteiger charge is -2.10. The number of rotatable bonds is 7. The van der Waals surface area contributed by atoms with Crippen LogP contribution in [0, 0.1) is 0 Å². The summed E-state index contributed by atoms with van der Waals surface area (Å²) in [4.78, 5) is 24.1. The van der Waals surface area contributed by atoms with E-state index in [1.165, 1.54) is 0 Å². The number of amides is 2. The number of hydrogen-bond acceptors (Lipinski definition) is 4. The van der Waals surface area contributed by atoms with E-state index in [0.717, 1.165) is 16.3 Å². The van der Waals surface area contributed by atoms with Crippen molar-refractivity contribution < 1.29 is 14.3 Å². The zero-order valence-electron chi connectivity index (χ0n) is 15.8. The third kappa shape index (κ3) is 5.12. The lowest BCUT2D eigenvalue weighted by Crippen LogP contribution is -2.35. The number of benzene rings is 3. The van der Waals surface area contributed by atoms with Crippen LogP contribution in [-0.4, -0.2) is 31.2 Å². The summed E-state index contributed by atoms with van der Waals surface area (Å²) in [6.07, 6.45) is 1.54. The Kier molecular flexibility index (Phi) is 6.81. The Morgan fingerprint density at radius 3 is 2.62 bits per heavy atom. The van der Waals surface area contributed by atoms with Crippen LogP contribution in [0.5, 0.6) is 5.75 Å². The number of carbonyl (C=O) groups excluding carboxylic acids is 2. The summed E-state index contributed by atoms with van der Waals surface area (Å²) < 4.78 is 5.67. The fraction of sp³-hybridized carbons (Fsp3) is 0.136. The lowest BCUT2D eigenvalue weighted by molar-refractivity contribution is -0.120. The average Bonchev–Trinajstić information content (AvgIpc) is 2.73. The van der Waals surface area contributed by atoms with Crippen molar-refractivity contribution in [1.29, 1.82) is 0 Å². The molecular formula is C22H20ClN3O3. The van der Waals surface area contributed by atoms with Crippen molar-refractivity contribution in [3.05, 3.63) is 76.8 Å². The van der Waals surface area contributed by atoms with Gasteiger partial charge in [0.25, 0.3) is 11.8 Å². The van der Waals surface area contributed by atoms with Crippen molar-refractivity contribution in [2.45, 2.75) is 6.92 Å². The monoisotopic (exact) mass is 409 g/mol. The molecular weight excluding hydrogens is 390 g/mol. The highest BCUT2D eigenvalue weighted by Gasteiger charge is 2.11. The van der Waals surface area contributed by atoms with E-state index in [1.54, 1.807) is 30.5 Å². The largest absolute Gasteiger partial charge is 0.493 e. The first-order valence-electron chi connectivity index (χ1n) is 9.09. The zero-order valence-corrected chi connectivity index (χ0v) is 16.6. The van der Waals surface area contributed by atoms with Crippen molar-refractivity contribution in [2.75, 3.05) is 13.2 Å². The molecule has 2 amide bonds. The Balaban J connectivity index is 1.65. The molecule has 0 spiro atoms. The molecule has 6 nitrogen and oxygen atoms in total. The van der Waals surface area contributed by atoms with Crippen LogP contribution >= 0.6 is 11.6 Å². The number of fused-ring (bicyclic) bond motifs is 1. The minimum absolute atomic E-state index is 0.227. The molecule has 0 heterocycles. The van der Waals surface area contributed by atoms with Gasteiger partial charge in [0.05, 0.1) is 30.0 Å². The number of ether oxygens (including phenoxy) is 1. The standard InChI is InChI=1S/C22H20ClN3O3/c1-2-29-20-12-11-15-7-3-4-8-16(15)18(20)13-25-26-21(27)14-24-22(28)17-9-5-6-10-19(17)23/h3-13H,2,14H2,1H3,(H,24,28)(H,26,27)/b25-13-. The fourth-order valence-electron chi connectivity index (χ4n) is 2.80. The molecule has 0 unspecified atom stereocenters. The van der Waals surface area contributed by atoms with Gasteiger partial charge in [-0.25, -0.2) is 5.43 Å². The molecule has 3 aromatic rings. The number of halogens is 1. The topological polar surface area (TPSA) is 79.8 Å². The lowest BCUT2D eigenvalue weighted by atomic mass is 10.0. The summed E-state index contributed by atoms with van der Waals surface area (Å²) >= 11 is 5.98. The first-order chi connectivity index (χ1) is 14.1. The molecule has 0 saturated carbocycles. The molecule has 0 fully saturated rings. The van der Waals surface area contributed by atoms with Crippen LogP contribution in [0.25, 0.3) is 10.8 Å². The van der Waals surface area contributed by atoms with Gasteiger partial charge in [0.2, 0.25) is 0 Å². The Morgan fingerprint density at radius 1 is 1.07 bits per heavy atom. The Hall–Kier alpha value is -3.38. The molecule has 3 aromatic carbocycles. The third-order valence-corrected chi connectivity index (χ3v) is 4.47. The Bertz CT molecular complexity index is 1070. The summed E-state index contributed by atoms with van der Waals surface area (Å²) in [6.45, 7) is 2.19. The smallest absolute Gasteiger partial charge is 0.259 e. The predicted molar refractivity (Wildman–Crippen MR) is 115 cm³/mol.